The second-order valence-corrected chi connectivity index (χ2v) is 8.56. The predicted molar refractivity (Wildman–Crippen MR) is 114 cm³/mol. The largest absolute Gasteiger partial charge is 0.444 e. The van der Waals surface area contributed by atoms with E-state index in [4.69, 9.17) is 4.74 Å². The highest BCUT2D eigenvalue weighted by atomic mass is 16.6. The molecule has 3 N–H and O–H groups in total. The zero-order valence-corrected chi connectivity index (χ0v) is 18.6. The first-order chi connectivity index (χ1) is 13.3. The number of hydrogen-bond donors (Lipinski definition) is 3. The summed E-state index contributed by atoms with van der Waals surface area (Å²) >= 11 is 0. The van der Waals surface area contributed by atoms with Crippen molar-refractivity contribution in [2.45, 2.75) is 116 Å². The number of carbonyl (C=O) groups is 2. The summed E-state index contributed by atoms with van der Waals surface area (Å²) < 4.78 is 5.10. The lowest BCUT2D eigenvalue weighted by Crippen LogP contribution is -2.50. The molecule has 0 aromatic rings. The van der Waals surface area contributed by atoms with Crippen LogP contribution in [-0.4, -0.2) is 41.9 Å². The number of amides is 2. The zero-order valence-electron chi connectivity index (χ0n) is 18.6. The van der Waals surface area contributed by atoms with Crippen LogP contribution >= 0.6 is 0 Å². The van der Waals surface area contributed by atoms with Crippen molar-refractivity contribution in [1.82, 2.24) is 10.6 Å². The van der Waals surface area contributed by atoms with E-state index < -0.39 is 24.3 Å². The van der Waals surface area contributed by atoms with E-state index in [1.54, 1.807) is 20.8 Å². The van der Waals surface area contributed by atoms with Gasteiger partial charge in [0.1, 0.15) is 11.6 Å². The van der Waals surface area contributed by atoms with Crippen molar-refractivity contribution in [3.8, 4) is 0 Å². The lowest BCUT2D eigenvalue weighted by Gasteiger charge is -2.22. The van der Waals surface area contributed by atoms with E-state index in [1.165, 1.54) is 64.2 Å². The van der Waals surface area contributed by atoms with Gasteiger partial charge in [0.05, 0.1) is 6.61 Å². The van der Waals surface area contributed by atoms with Crippen molar-refractivity contribution >= 4 is 12.0 Å². The van der Waals surface area contributed by atoms with Crippen LogP contribution in [0.2, 0.25) is 0 Å². The maximum absolute atomic E-state index is 12.0. The summed E-state index contributed by atoms with van der Waals surface area (Å²) in [6, 6.07) is -0.979. The fourth-order valence-electron chi connectivity index (χ4n) is 2.94. The second-order valence-electron chi connectivity index (χ2n) is 8.56. The molecule has 166 valence electrons. The molecule has 1 atom stereocenters. The minimum atomic E-state index is -0.979. The molecule has 0 aromatic heterocycles. The topological polar surface area (TPSA) is 87.7 Å². The molecule has 0 radical (unpaired) electrons. The van der Waals surface area contributed by atoms with Crippen molar-refractivity contribution in [2.75, 3.05) is 13.2 Å². The zero-order chi connectivity index (χ0) is 21.3. The molecule has 0 aliphatic heterocycles. The van der Waals surface area contributed by atoms with Crippen molar-refractivity contribution in [3.63, 3.8) is 0 Å². The van der Waals surface area contributed by atoms with Gasteiger partial charge in [0.15, 0.2) is 0 Å². The Bertz CT molecular complexity index is 408. The molecule has 2 amide bonds. The van der Waals surface area contributed by atoms with Gasteiger partial charge in [-0.25, -0.2) is 4.79 Å². The van der Waals surface area contributed by atoms with E-state index in [2.05, 4.69) is 17.6 Å². The minimum Gasteiger partial charge on any atom is -0.444 e. The van der Waals surface area contributed by atoms with Gasteiger partial charge in [0.2, 0.25) is 5.91 Å². The molecule has 0 spiro atoms. The number of aliphatic hydroxyl groups excluding tert-OH is 1. The average molecular weight is 401 g/mol. The van der Waals surface area contributed by atoms with Crippen molar-refractivity contribution in [2.24, 2.45) is 0 Å². The van der Waals surface area contributed by atoms with Crippen LogP contribution < -0.4 is 10.6 Å². The maximum atomic E-state index is 12.0. The summed E-state index contributed by atoms with van der Waals surface area (Å²) in [4.78, 5) is 23.7. The van der Waals surface area contributed by atoms with Gasteiger partial charge in [0.25, 0.3) is 0 Å². The quantitative estimate of drug-likeness (QED) is 0.328. The fourth-order valence-corrected chi connectivity index (χ4v) is 2.94. The van der Waals surface area contributed by atoms with Gasteiger partial charge in [-0.15, -0.1) is 0 Å². The van der Waals surface area contributed by atoms with E-state index in [1.807, 2.05) is 0 Å². The molecule has 0 aromatic carbocycles. The molecule has 1 unspecified atom stereocenters. The molecule has 0 saturated carbocycles. The van der Waals surface area contributed by atoms with E-state index >= 15 is 0 Å². The molecule has 6 nitrogen and oxygen atoms in total. The van der Waals surface area contributed by atoms with Gasteiger partial charge in [-0.2, -0.15) is 0 Å². The van der Waals surface area contributed by atoms with Gasteiger partial charge in [-0.1, -0.05) is 77.6 Å². The van der Waals surface area contributed by atoms with Crippen LogP contribution in [0.1, 0.15) is 105 Å². The second kappa shape index (κ2) is 16.6. The minimum absolute atomic E-state index is 0.378. The maximum Gasteiger partial charge on any atom is 0.408 e. The Balaban J connectivity index is 3.63. The third kappa shape index (κ3) is 16.8. The Morgan fingerprint density at radius 3 is 1.75 bits per heavy atom. The summed E-state index contributed by atoms with van der Waals surface area (Å²) in [6.07, 6.45) is 14.5. The highest BCUT2D eigenvalue weighted by molar-refractivity contribution is 5.85. The number of rotatable bonds is 16. The molecular formula is C22H44N2O4. The van der Waals surface area contributed by atoms with E-state index in [9.17, 15) is 14.7 Å². The van der Waals surface area contributed by atoms with Crippen LogP contribution in [0.5, 0.6) is 0 Å². The van der Waals surface area contributed by atoms with Gasteiger partial charge >= 0.3 is 6.09 Å². The number of carbonyl (C=O) groups excluding carboxylic acids is 2. The molecule has 0 aliphatic rings. The molecule has 28 heavy (non-hydrogen) atoms. The first kappa shape index (κ1) is 26.7. The Hall–Kier alpha value is -1.30. The SMILES string of the molecule is CCCCCCCCCCCCCCNC(=O)C(CO)NC(=O)OC(C)(C)C. The van der Waals surface area contributed by atoms with E-state index in [-0.39, 0.29) is 5.91 Å². The number of nitrogens with one attached hydrogen (secondary N) is 2. The highest BCUT2D eigenvalue weighted by Crippen LogP contribution is 2.11. The Kier molecular flexibility index (Phi) is 15.9. The summed E-state index contributed by atoms with van der Waals surface area (Å²) in [6.45, 7) is 7.58. The molecule has 0 bridgehead atoms. The van der Waals surface area contributed by atoms with Crippen LogP contribution in [-0.2, 0) is 9.53 Å². The van der Waals surface area contributed by atoms with E-state index in [0.29, 0.717) is 6.54 Å². The van der Waals surface area contributed by atoms with Crippen LogP contribution in [0.25, 0.3) is 0 Å². The molecule has 0 heterocycles. The number of ether oxygens (including phenoxy) is 1. The van der Waals surface area contributed by atoms with Crippen LogP contribution in [0.15, 0.2) is 0 Å². The molecule has 0 saturated heterocycles. The van der Waals surface area contributed by atoms with E-state index in [0.717, 1.165) is 12.8 Å². The summed E-state index contributed by atoms with van der Waals surface area (Å²) in [5.41, 5.74) is -0.643. The molecule has 6 heteroatoms. The number of alkyl carbamates (subject to hydrolysis) is 1. The third-order valence-electron chi connectivity index (χ3n) is 4.52. The van der Waals surface area contributed by atoms with Gasteiger partial charge in [0, 0.05) is 6.54 Å². The molecular weight excluding hydrogens is 356 g/mol. The standard InChI is InChI=1S/C22H44N2O4/c1-5-6-7-8-9-10-11-12-13-14-15-16-17-23-20(26)19(18-25)24-21(27)28-22(2,3)4/h19,25H,5-18H2,1-4H3,(H,23,26)(H,24,27). The first-order valence-electron chi connectivity index (χ1n) is 11.2. The summed E-state index contributed by atoms with van der Waals surface area (Å²) in [7, 11) is 0. The van der Waals surface area contributed by atoms with Gasteiger partial charge in [-0.05, 0) is 27.2 Å². The number of unbranched alkanes of at least 4 members (excludes halogenated alkanes) is 11. The summed E-state index contributed by atoms with van der Waals surface area (Å²) in [5.74, 6) is -0.378. The average Bonchev–Trinajstić information content (AvgIpc) is 2.61. The number of aliphatic hydroxyl groups is 1. The smallest absolute Gasteiger partial charge is 0.408 e. The Morgan fingerprint density at radius 1 is 0.857 bits per heavy atom. The third-order valence-corrected chi connectivity index (χ3v) is 4.52. The highest BCUT2D eigenvalue weighted by Gasteiger charge is 2.23. The van der Waals surface area contributed by atoms with Crippen molar-refractivity contribution in [1.29, 1.82) is 0 Å². The van der Waals surface area contributed by atoms with Gasteiger partial charge in [-0.3, -0.25) is 4.79 Å². The van der Waals surface area contributed by atoms with Crippen LogP contribution in [0.3, 0.4) is 0 Å². The molecule has 0 rings (SSSR count). The Labute approximate surface area is 172 Å². The lowest BCUT2D eigenvalue weighted by molar-refractivity contribution is -0.124. The van der Waals surface area contributed by atoms with Crippen molar-refractivity contribution in [3.05, 3.63) is 0 Å². The monoisotopic (exact) mass is 400 g/mol. The normalized spacial score (nSPS) is 12.5. The molecule has 0 aliphatic carbocycles. The number of hydrogen-bond acceptors (Lipinski definition) is 4. The fraction of sp³-hybridized carbons (Fsp3) is 0.909. The summed E-state index contributed by atoms with van der Waals surface area (Å²) in [5, 5.41) is 14.5. The first-order valence-corrected chi connectivity index (χ1v) is 11.2. The predicted octanol–water partition coefficient (Wildman–Crippen LogP) is 4.69. The van der Waals surface area contributed by atoms with Gasteiger partial charge < -0.3 is 20.5 Å². The van der Waals surface area contributed by atoms with Crippen LogP contribution in [0.4, 0.5) is 4.79 Å². The Morgan fingerprint density at radius 2 is 1.32 bits per heavy atom. The van der Waals surface area contributed by atoms with Crippen LogP contribution in [0, 0.1) is 0 Å². The van der Waals surface area contributed by atoms with Crippen molar-refractivity contribution < 1.29 is 19.4 Å². The molecule has 0 fully saturated rings. The lowest BCUT2D eigenvalue weighted by atomic mass is 10.1.